The lowest BCUT2D eigenvalue weighted by Crippen LogP contribution is -2.34. The first kappa shape index (κ1) is 12.5. The smallest absolute Gasteiger partial charge is 0.237 e. The molecule has 0 fully saturated rings. The van der Waals surface area contributed by atoms with Crippen LogP contribution < -0.4 is 15.6 Å². The van der Waals surface area contributed by atoms with Gasteiger partial charge in [-0.05, 0) is 37.1 Å². The molecule has 1 rings (SSSR count). The van der Waals surface area contributed by atoms with Crippen LogP contribution in [0.25, 0.3) is 0 Å². The van der Waals surface area contributed by atoms with E-state index in [9.17, 15) is 4.79 Å². The van der Waals surface area contributed by atoms with Crippen molar-refractivity contribution in [1.82, 2.24) is 10.9 Å². The summed E-state index contributed by atoms with van der Waals surface area (Å²) in [5.41, 5.74) is 7.49. The molecule has 1 aromatic carbocycles. The molecule has 0 aliphatic carbocycles. The zero-order chi connectivity index (χ0) is 12.0. The van der Waals surface area contributed by atoms with Gasteiger partial charge in [-0.2, -0.15) is 0 Å². The highest BCUT2D eigenvalue weighted by Gasteiger charge is 2.01. The van der Waals surface area contributed by atoms with Crippen molar-refractivity contribution in [2.45, 2.75) is 20.3 Å². The first-order valence-electron chi connectivity index (χ1n) is 5.29. The van der Waals surface area contributed by atoms with Crippen molar-refractivity contribution in [3.05, 3.63) is 29.3 Å². The van der Waals surface area contributed by atoms with Crippen LogP contribution in [0.2, 0.25) is 0 Å². The second kappa shape index (κ2) is 6.12. The van der Waals surface area contributed by atoms with Gasteiger partial charge in [-0.25, -0.2) is 5.43 Å². The van der Waals surface area contributed by atoms with Crippen molar-refractivity contribution >= 4 is 5.91 Å². The summed E-state index contributed by atoms with van der Waals surface area (Å²) in [5.74, 6) is 0.728. The normalized spacial score (nSPS) is 9.94. The Labute approximate surface area is 96.0 Å². The molecule has 0 atom stereocenters. The van der Waals surface area contributed by atoms with E-state index in [1.165, 1.54) is 11.1 Å². The Hall–Kier alpha value is -1.55. The third kappa shape index (κ3) is 3.90. The molecule has 0 spiro atoms. The highest BCUT2D eigenvalue weighted by Crippen LogP contribution is 2.16. The predicted molar refractivity (Wildman–Crippen MR) is 63.2 cm³/mol. The zero-order valence-electron chi connectivity index (χ0n) is 9.96. The van der Waals surface area contributed by atoms with Gasteiger partial charge < -0.3 is 4.74 Å². The van der Waals surface area contributed by atoms with Crippen molar-refractivity contribution in [1.29, 1.82) is 0 Å². The molecule has 4 heteroatoms. The lowest BCUT2D eigenvalue weighted by Gasteiger charge is -2.08. The summed E-state index contributed by atoms with van der Waals surface area (Å²) in [5, 5.41) is 0. The maximum absolute atomic E-state index is 11.1. The van der Waals surface area contributed by atoms with E-state index in [1.54, 1.807) is 7.05 Å². The molecule has 0 saturated heterocycles. The number of ether oxygens (including phenoxy) is 1. The molecule has 0 heterocycles. The van der Waals surface area contributed by atoms with Crippen LogP contribution in [0.3, 0.4) is 0 Å². The number of aryl methyl sites for hydroxylation is 2. The largest absolute Gasteiger partial charge is 0.493 e. The lowest BCUT2D eigenvalue weighted by molar-refractivity contribution is -0.122. The van der Waals surface area contributed by atoms with Crippen LogP contribution in [0.4, 0.5) is 0 Å². The van der Waals surface area contributed by atoms with Crippen LogP contribution in [0, 0.1) is 13.8 Å². The molecule has 0 unspecified atom stereocenters. The fourth-order valence-corrected chi connectivity index (χ4v) is 1.27. The monoisotopic (exact) mass is 222 g/mol. The van der Waals surface area contributed by atoms with Crippen molar-refractivity contribution in [2.75, 3.05) is 13.7 Å². The van der Waals surface area contributed by atoms with Crippen LogP contribution in [0.5, 0.6) is 5.75 Å². The molecular weight excluding hydrogens is 204 g/mol. The Kier molecular flexibility index (Phi) is 4.79. The summed E-state index contributed by atoms with van der Waals surface area (Å²) >= 11 is 0. The van der Waals surface area contributed by atoms with Crippen molar-refractivity contribution in [3.63, 3.8) is 0 Å². The van der Waals surface area contributed by atoms with Crippen molar-refractivity contribution in [3.8, 4) is 5.75 Å². The second-order valence-corrected chi connectivity index (χ2v) is 3.64. The molecule has 1 amide bonds. The van der Waals surface area contributed by atoms with Gasteiger partial charge in [-0.1, -0.05) is 6.07 Å². The average Bonchev–Trinajstić information content (AvgIpc) is 2.24. The molecule has 88 valence electrons. The number of nitrogens with one attached hydrogen (secondary N) is 2. The van der Waals surface area contributed by atoms with E-state index in [4.69, 9.17) is 4.74 Å². The number of carbonyl (C=O) groups is 1. The summed E-state index contributed by atoms with van der Waals surface area (Å²) in [7, 11) is 1.65. The first-order chi connectivity index (χ1) is 7.63. The number of benzene rings is 1. The first-order valence-corrected chi connectivity index (χ1v) is 5.29. The van der Waals surface area contributed by atoms with E-state index in [0.717, 1.165) is 5.75 Å². The maximum atomic E-state index is 11.1. The Morgan fingerprint density at radius 1 is 1.31 bits per heavy atom. The predicted octanol–water partition coefficient (Wildman–Crippen LogP) is 1.32. The van der Waals surface area contributed by atoms with E-state index in [1.807, 2.05) is 25.1 Å². The highest BCUT2D eigenvalue weighted by atomic mass is 16.5. The van der Waals surface area contributed by atoms with Gasteiger partial charge in [0.25, 0.3) is 0 Å². The number of hydrazine groups is 1. The Balaban J connectivity index is 2.37. The molecule has 0 aromatic heterocycles. The molecule has 0 aliphatic heterocycles. The highest BCUT2D eigenvalue weighted by molar-refractivity contribution is 5.75. The molecule has 16 heavy (non-hydrogen) atoms. The van der Waals surface area contributed by atoms with Gasteiger partial charge in [0.15, 0.2) is 0 Å². The van der Waals surface area contributed by atoms with E-state index in [-0.39, 0.29) is 5.91 Å². The third-order valence-corrected chi connectivity index (χ3v) is 2.34. The number of rotatable bonds is 5. The SMILES string of the molecule is CNNC(=O)CCOc1ccc(C)c(C)c1. The zero-order valence-corrected chi connectivity index (χ0v) is 9.96. The van der Waals surface area contributed by atoms with E-state index in [2.05, 4.69) is 17.8 Å². The van der Waals surface area contributed by atoms with Crippen LogP contribution in [0.1, 0.15) is 17.5 Å². The summed E-state index contributed by atoms with van der Waals surface area (Å²) in [6.45, 7) is 4.48. The molecular formula is C12H18N2O2. The van der Waals surface area contributed by atoms with Crippen molar-refractivity contribution in [2.24, 2.45) is 0 Å². The van der Waals surface area contributed by atoms with Gasteiger partial charge in [0.2, 0.25) is 5.91 Å². The Morgan fingerprint density at radius 2 is 2.06 bits per heavy atom. The quantitative estimate of drug-likeness (QED) is 0.739. The Bertz CT molecular complexity index is 364. The minimum atomic E-state index is -0.0775. The average molecular weight is 222 g/mol. The molecule has 4 nitrogen and oxygen atoms in total. The second-order valence-electron chi connectivity index (χ2n) is 3.64. The molecule has 0 saturated carbocycles. The molecule has 0 radical (unpaired) electrons. The van der Waals surface area contributed by atoms with Gasteiger partial charge in [0, 0.05) is 7.05 Å². The van der Waals surface area contributed by atoms with Crippen LogP contribution in [-0.2, 0) is 4.79 Å². The fourth-order valence-electron chi connectivity index (χ4n) is 1.27. The van der Waals surface area contributed by atoms with Gasteiger partial charge in [0.05, 0.1) is 13.0 Å². The van der Waals surface area contributed by atoms with E-state index < -0.39 is 0 Å². The van der Waals surface area contributed by atoms with Gasteiger partial charge >= 0.3 is 0 Å². The minimum Gasteiger partial charge on any atom is -0.493 e. The maximum Gasteiger partial charge on any atom is 0.237 e. The van der Waals surface area contributed by atoms with Crippen LogP contribution in [0.15, 0.2) is 18.2 Å². The summed E-state index contributed by atoms with van der Waals surface area (Å²) in [6.07, 6.45) is 0.341. The van der Waals surface area contributed by atoms with E-state index in [0.29, 0.717) is 13.0 Å². The standard InChI is InChI=1S/C12H18N2O2/c1-9-4-5-11(8-10(9)2)16-7-6-12(15)14-13-3/h4-5,8,13H,6-7H2,1-3H3,(H,14,15). The minimum absolute atomic E-state index is 0.0775. The van der Waals surface area contributed by atoms with E-state index >= 15 is 0 Å². The van der Waals surface area contributed by atoms with Gasteiger partial charge in [-0.3, -0.25) is 10.2 Å². The number of hydrogen-bond donors (Lipinski definition) is 2. The number of amides is 1. The fraction of sp³-hybridized carbons (Fsp3) is 0.417. The summed E-state index contributed by atoms with van der Waals surface area (Å²) in [6, 6.07) is 5.90. The third-order valence-electron chi connectivity index (χ3n) is 2.34. The van der Waals surface area contributed by atoms with Gasteiger partial charge in [-0.15, -0.1) is 0 Å². The van der Waals surface area contributed by atoms with Crippen LogP contribution in [-0.4, -0.2) is 19.6 Å². The summed E-state index contributed by atoms with van der Waals surface area (Å²) in [4.78, 5) is 11.1. The van der Waals surface area contributed by atoms with Crippen LogP contribution >= 0.6 is 0 Å². The number of hydrogen-bond acceptors (Lipinski definition) is 3. The molecule has 0 aliphatic rings. The number of carbonyl (C=O) groups excluding carboxylic acids is 1. The molecule has 1 aromatic rings. The molecule has 0 bridgehead atoms. The molecule has 2 N–H and O–H groups in total. The lowest BCUT2D eigenvalue weighted by atomic mass is 10.1. The Morgan fingerprint density at radius 3 is 2.69 bits per heavy atom. The summed E-state index contributed by atoms with van der Waals surface area (Å²) < 4.78 is 5.47. The van der Waals surface area contributed by atoms with Crippen molar-refractivity contribution < 1.29 is 9.53 Å². The van der Waals surface area contributed by atoms with Gasteiger partial charge in [0.1, 0.15) is 5.75 Å². The topological polar surface area (TPSA) is 50.4 Å².